The molecule has 2 heteroatoms. The Labute approximate surface area is 90.0 Å². The maximum Gasteiger partial charge on any atom is 0.000744 e. The number of rotatable bonds is 3. The number of halogens is 1. The zero-order valence-corrected chi connectivity index (χ0v) is 10.4. The highest BCUT2D eigenvalue weighted by Crippen LogP contribution is 2.20. The molecule has 1 saturated heterocycles. The molecule has 2 atom stereocenters. The highest BCUT2D eigenvalue weighted by atomic mass is 127. The first-order valence-electron chi connectivity index (χ1n) is 5.00. The molecule has 1 nitrogen and oxygen atoms in total. The van der Waals surface area contributed by atoms with Gasteiger partial charge in [-0.15, -0.1) is 0 Å². The van der Waals surface area contributed by atoms with Gasteiger partial charge in [0.2, 0.25) is 0 Å². The summed E-state index contributed by atoms with van der Waals surface area (Å²) >= 11 is 2.47. The fourth-order valence-corrected chi connectivity index (χ4v) is 2.60. The molecule has 0 amide bonds. The van der Waals surface area contributed by atoms with Crippen LogP contribution in [0.2, 0.25) is 0 Å². The van der Waals surface area contributed by atoms with Gasteiger partial charge in [0.15, 0.2) is 0 Å². The van der Waals surface area contributed by atoms with Crippen LogP contribution in [0.3, 0.4) is 0 Å². The van der Waals surface area contributed by atoms with Gasteiger partial charge in [-0.1, -0.05) is 36.4 Å². The minimum Gasteiger partial charge on any atom is -0.303 e. The molecule has 0 aromatic carbocycles. The Balaban J connectivity index is 2.24. The van der Waals surface area contributed by atoms with Gasteiger partial charge in [0.25, 0.3) is 0 Å². The maximum absolute atomic E-state index is 2.64. The molecule has 0 bridgehead atoms. The van der Waals surface area contributed by atoms with E-state index in [0.717, 1.165) is 11.8 Å². The monoisotopic (exact) mass is 281 g/mol. The Hall–Kier alpha value is 0.690. The van der Waals surface area contributed by atoms with Crippen molar-refractivity contribution < 1.29 is 0 Å². The number of likely N-dealkylation sites (tertiary alicyclic amines) is 1. The van der Waals surface area contributed by atoms with E-state index < -0.39 is 0 Å². The Bertz CT molecular complexity index is 117. The summed E-state index contributed by atoms with van der Waals surface area (Å²) in [6.07, 6.45) is 2.79. The fourth-order valence-electron chi connectivity index (χ4n) is 2.26. The summed E-state index contributed by atoms with van der Waals surface area (Å²) in [5, 5.41) is 0. The Morgan fingerprint density at radius 2 is 1.83 bits per heavy atom. The molecule has 0 spiro atoms. The van der Waals surface area contributed by atoms with Crippen molar-refractivity contribution >= 4 is 22.6 Å². The largest absolute Gasteiger partial charge is 0.303 e. The minimum absolute atomic E-state index is 0.919. The van der Waals surface area contributed by atoms with E-state index in [2.05, 4.69) is 41.3 Å². The normalized spacial score (nSPS) is 32.2. The molecule has 0 N–H and O–H groups in total. The Morgan fingerprint density at radius 1 is 1.25 bits per heavy atom. The van der Waals surface area contributed by atoms with Crippen LogP contribution < -0.4 is 0 Å². The van der Waals surface area contributed by atoms with Crippen LogP contribution in [-0.2, 0) is 0 Å². The molecule has 0 aliphatic carbocycles. The van der Waals surface area contributed by atoms with Gasteiger partial charge in [0.1, 0.15) is 0 Å². The first-order valence-corrected chi connectivity index (χ1v) is 6.53. The van der Waals surface area contributed by atoms with Crippen molar-refractivity contribution in [1.82, 2.24) is 4.90 Å². The van der Waals surface area contributed by atoms with Crippen molar-refractivity contribution in [3.8, 4) is 0 Å². The lowest BCUT2D eigenvalue weighted by atomic mass is 9.92. The molecule has 0 saturated carbocycles. The topological polar surface area (TPSA) is 3.24 Å². The molecule has 1 aliphatic heterocycles. The van der Waals surface area contributed by atoms with Crippen molar-refractivity contribution in [2.24, 2.45) is 11.8 Å². The van der Waals surface area contributed by atoms with E-state index in [1.165, 1.54) is 36.9 Å². The van der Waals surface area contributed by atoms with E-state index in [9.17, 15) is 0 Å². The molecule has 1 aliphatic rings. The van der Waals surface area contributed by atoms with Gasteiger partial charge in [-0.2, -0.15) is 0 Å². The van der Waals surface area contributed by atoms with E-state index in [-0.39, 0.29) is 0 Å². The smallest absolute Gasteiger partial charge is 0.000744 e. The van der Waals surface area contributed by atoms with E-state index in [4.69, 9.17) is 0 Å². The summed E-state index contributed by atoms with van der Waals surface area (Å²) in [5.41, 5.74) is 0. The number of piperidine rings is 1. The summed E-state index contributed by atoms with van der Waals surface area (Å²) in [6, 6.07) is 0. The van der Waals surface area contributed by atoms with E-state index >= 15 is 0 Å². The highest BCUT2D eigenvalue weighted by molar-refractivity contribution is 14.1. The van der Waals surface area contributed by atoms with Gasteiger partial charge in [0.05, 0.1) is 0 Å². The predicted octanol–water partition coefficient (Wildman–Crippen LogP) is 2.79. The van der Waals surface area contributed by atoms with Gasteiger partial charge in [-0.3, -0.25) is 0 Å². The second kappa shape index (κ2) is 5.43. The lowest BCUT2D eigenvalue weighted by Crippen LogP contribution is -2.39. The van der Waals surface area contributed by atoms with Crippen LogP contribution in [0.25, 0.3) is 0 Å². The second-order valence-corrected chi connectivity index (χ2v) is 5.33. The summed E-state index contributed by atoms with van der Waals surface area (Å²) < 4.78 is 1.30. The molecule has 0 radical (unpaired) electrons. The van der Waals surface area contributed by atoms with Crippen LogP contribution in [0.15, 0.2) is 0 Å². The molecule has 12 heavy (non-hydrogen) atoms. The molecular weight excluding hydrogens is 261 g/mol. The van der Waals surface area contributed by atoms with Crippen molar-refractivity contribution in [2.45, 2.75) is 26.7 Å². The summed E-state index contributed by atoms with van der Waals surface area (Å²) in [4.78, 5) is 2.64. The molecule has 0 aromatic heterocycles. The molecule has 1 rings (SSSR count). The first-order chi connectivity index (χ1) is 5.72. The van der Waals surface area contributed by atoms with Crippen molar-refractivity contribution in [2.75, 3.05) is 24.1 Å². The Morgan fingerprint density at radius 3 is 2.33 bits per heavy atom. The summed E-state index contributed by atoms with van der Waals surface area (Å²) in [5.74, 6) is 1.84. The molecule has 72 valence electrons. The standard InChI is InChI=1S/C10H20IN/c1-9-6-10(2)8-12(7-9)5-3-4-11/h9-10H,3-8H2,1-2H3. The SMILES string of the molecule is CC1CC(C)CN(CCCI)C1. The van der Waals surface area contributed by atoms with E-state index in [0.29, 0.717) is 0 Å². The van der Waals surface area contributed by atoms with E-state index in [1.54, 1.807) is 0 Å². The lowest BCUT2D eigenvalue weighted by molar-refractivity contribution is 0.142. The fraction of sp³-hybridized carbons (Fsp3) is 1.00. The molecule has 0 aromatic rings. The van der Waals surface area contributed by atoms with Gasteiger partial charge in [0, 0.05) is 17.5 Å². The number of nitrogens with zero attached hydrogens (tertiary/aromatic N) is 1. The first kappa shape index (κ1) is 10.8. The van der Waals surface area contributed by atoms with Crippen molar-refractivity contribution in [3.63, 3.8) is 0 Å². The molecule has 2 unspecified atom stereocenters. The molecular formula is C10H20IN. The second-order valence-electron chi connectivity index (χ2n) is 4.25. The Kier molecular flexibility index (Phi) is 4.87. The van der Waals surface area contributed by atoms with Gasteiger partial charge in [-0.25, -0.2) is 0 Å². The van der Waals surface area contributed by atoms with Crippen molar-refractivity contribution in [1.29, 1.82) is 0 Å². The minimum atomic E-state index is 0.919. The predicted molar refractivity (Wildman–Crippen MR) is 62.9 cm³/mol. The van der Waals surface area contributed by atoms with Gasteiger partial charge < -0.3 is 4.90 Å². The van der Waals surface area contributed by atoms with Crippen LogP contribution in [0.5, 0.6) is 0 Å². The number of alkyl halides is 1. The quantitative estimate of drug-likeness (QED) is 0.568. The van der Waals surface area contributed by atoms with Gasteiger partial charge in [-0.05, 0) is 31.2 Å². The zero-order valence-electron chi connectivity index (χ0n) is 8.22. The average Bonchev–Trinajstić information content (AvgIpc) is 1.99. The third-order valence-electron chi connectivity index (χ3n) is 2.55. The van der Waals surface area contributed by atoms with Crippen LogP contribution in [0.4, 0.5) is 0 Å². The number of hydrogen-bond acceptors (Lipinski definition) is 1. The van der Waals surface area contributed by atoms with Crippen LogP contribution in [-0.4, -0.2) is 29.0 Å². The third kappa shape index (κ3) is 3.60. The number of hydrogen-bond donors (Lipinski definition) is 0. The highest BCUT2D eigenvalue weighted by Gasteiger charge is 2.20. The van der Waals surface area contributed by atoms with Gasteiger partial charge >= 0.3 is 0 Å². The summed E-state index contributed by atoms with van der Waals surface area (Å²) in [6.45, 7) is 8.75. The van der Waals surface area contributed by atoms with Crippen molar-refractivity contribution in [3.05, 3.63) is 0 Å². The molecule has 1 heterocycles. The van der Waals surface area contributed by atoms with Crippen LogP contribution in [0.1, 0.15) is 26.7 Å². The third-order valence-corrected chi connectivity index (χ3v) is 3.32. The van der Waals surface area contributed by atoms with E-state index in [1.807, 2.05) is 0 Å². The summed E-state index contributed by atoms with van der Waals surface area (Å²) in [7, 11) is 0. The zero-order chi connectivity index (χ0) is 8.97. The van der Waals surface area contributed by atoms with Crippen LogP contribution >= 0.6 is 22.6 Å². The maximum atomic E-state index is 2.64. The average molecular weight is 281 g/mol. The lowest BCUT2D eigenvalue weighted by Gasteiger charge is -2.34. The van der Waals surface area contributed by atoms with Crippen LogP contribution in [0, 0.1) is 11.8 Å². The molecule has 1 fully saturated rings.